The van der Waals surface area contributed by atoms with Gasteiger partial charge in [0.1, 0.15) is 16.9 Å². The highest BCUT2D eigenvalue weighted by Crippen LogP contribution is 2.33. The standard InChI is InChI=1S/C16H19N5O6S/c1-4-27-16(24)12-8(2)13(14(17)23)28-15(12)19-11(22)5-6-20-9(3)10(7-18-20)21(25)26/h7H,4-6H2,1-3H3,(H2,17,23)(H,19,22). The van der Waals surface area contributed by atoms with E-state index in [0.29, 0.717) is 11.3 Å². The first-order valence-electron chi connectivity index (χ1n) is 8.24. The number of nitrogens with zero attached hydrogens (tertiary/aromatic N) is 3. The van der Waals surface area contributed by atoms with Crippen LogP contribution in [0.1, 0.15) is 44.6 Å². The van der Waals surface area contributed by atoms with E-state index in [-0.39, 0.29) is 40.7 Å². The van der Waals surface area contributed by atoms with Gasteiger partial charge < -0.3 is 15.8 Å². The first-order valence-corrected chi connectivity index (χ1v) is 9.05. The molecule has 2 heterocycles. The lowest BCUT2D eigenvalue weighted by atomic mass is 10.1. The number of hydrogen-bond acceptors (Lipinski definition) is 8. The fraction of sp³-hybridized carbons (Fsp3) is 0.375. The highest BCUT2D eigenvalue weighted by molar-refractivity contribution is 7.18. The molecule has 12 heteroatoms. The van der Waals surface area contributed by atoms with Crippen LogP contribution in [-0.2, 0) is 16.1 Å². The largest absolute Gasteiger partial charge is 0.462 e. The number of carbonyl (C=O) groups excluding carboxylic acids is 3. The highest BCUT2D eigenvalue weighted by Gasteiger charge is 2.25. The lowest BCUT2D eigenvalue weighted by Crippen LogP contribution is -2.17. The molecular formula is C16H19N5O6S. The summed E-state index contributed by atoms with van der Waals surface area (Å²) < 4.78 is 6.33. The molecular weight excluding hydrogens is 390 g/mol. The van der Waals surface area contributed by atoms with Gasteiger partial charge in [-0.3, -0.25) is 24.4 Å². The van der Waals surface area contributed by atoms with E-state index in [9.17, 15) is 24.5 Å². The summed E-state index contributed by atoms with van der Waals surface area (Å²) in [5.74, 6) is -1.84. The number of nitrogens with two attached hydrogens (primary N) is 1. The molecule has 0 unspecified atom stereocenters. The van der Waals surface area contributed by atoms with E-state index in [1.807, 2.05) is 0 Å². The Labute approximate surface area is 163 Å². The second-order valence-electron chi connectivity index (χ2n) is 5.74. The summed E-state index contributed by atoms with van der Waals surface area (Å²) >= 11 is 0.891. The fourth-order valence-corrected chi connectivity index (χ4v) is 3.59. The summed E-state index contributed by atoms with van der Waals surface area (Å²) in [6.07, 6.45) is 1.07. The van der Waals surface area contributed by atoms with Crippen molar-refractivity contribution in [2.24, 2.45) is 5.73 Å². The van der Waals surface area contributed by atoms with Gasteiger partial charge in [0.2, 0.25) is 5.91 Å². The number of rotatable bonds is 8. The third-order valence-electron chi connectivity index (χ3n) is 3.93. The average Bonchev–Trinajstić information content (AvgIpc) is 3.13. The Balaban J connectivity index is 2.17. The fourth-order valence-electron chi connectivity index (χ4n) is 2.52. The quantitative estimate of drug-likeness (QED) is 0.382. The van der Waals surface area contributed by atoms with Gasteiger partial charge in [-0.1, -0.05) is 0 Å². The zero-order valence-corrected chi connectivity index (χ0v) is 16.3. The number of ether oxygens (including phenoxy) is 1. The second-order valence-corrected chi connectivity index (χ2v) is 6.76. The maximum absolute atomic E-state index is 12.3. The van der Waals surface area contributed by atoms with Crippen molar-refractivity contribution in [1.29, 1.82) is 0 Å². The molecule has 3 N–H and O–H groups in total. The molecule has 28 heavy (non-hydrogen) atoms. The smallest absolute Gasteiger partial charge is 0.341 e. The Morgan fingerprint density at radius 3 is 2.61 bits per heavy atom. The van der Waals surface area contributed by atoms with Gasteiger partial charge >= 0.3 is 11.7 Å². The van der Waals surface area contributed by atoms with E-state index in [4.69, 9.17) is 10.5 Å². The third kappa shape index (κ3) is 4.34. The molecule has 0 atom stereocenters. The maximum atomic E-state index is 12.3. The molecule has 0 fully saturated rings. The molecule has 0 bridgehead atoms. The number of thiophene rings is 1. The van der Waals surface area contributed by atoms with Crippen molar-refractivity contribution < 1.29 is 24.0 Å². The Hall–Kier alpha value is -3.28. The minimum absolute atomic E-state index is 0.0508. The summed E-state index contributed by atoms with van der Waals surface area (Å²) in [7, 11) is 0. The topological polar surface area (TPSA) is 159 Å². The molecule has 0 saturated heterocycles. The molecule has 0 aliphatic rings. The summed E-state index contributed by atoms with van der Waals surface area (Å²) in [5.41, 5.74) is 5.93. The van der Waals surface area contributed by atoms with Crippen LogP contribution in [0.4, 0.5) is 10.7 Å². The summed E-state index contributed by atoms with van der Waals surface area (Å²) in [4.78, 5) is 46.5. The first kappa shape index (κ1) is 21.0. The van der Waals surface area contributed by atoms with Crippen LogP contribution in [0.25, 0.3) is 0 Å². The van der Waals surface area contributed by atoms with E-state index >= 15 is 0 Å². The van der Waals surface area contributed by atoms with Gasteiger partial charge in [0.05, 0.1) is 28.5 Å². The molecule has 0 radical (unpaired) electrons. The van der Waals surface area contributed by atoms with Crippen LogP contribution < -0.4 is 11.1 Å². The van der Waals surface area contributed by atoms with E-state index in [0.717, 1.165) is 17.5 Å². The van der Waals surface area contributed by atoms with Crippen LogP contribution in [0.2, 0.25) is 0 Å². The molecule has 2 aromatic heterocycles. The molecule has 2 aromatic rings. The number of anilines is 1. The van der Waals surface area contributed by atoms with Crippen LogP contribution in [0.15, 0.2) is 6.20 Å². The van der Waals surface area contributed by atoms with Crippen molar-refractivity contribution in [3.8, 4) is 0 Å². The van der Waals surface area contributed by atoms with E-state index < -0.39 is 22.7 Å². The van der Waals surface area contributed by atoms with Crippen LogP contribution in [0.3, 0.4) is 0 Å². The van der Waals surface area contributed by atoms with Gasteiger partial charge in [0.15, 0.2) is 0 Å². The van der Waals surface area contributed by atoms with Gasteiger partial charge in [-0.05, 0) is 26.3 Å². The molecule has 2 rings (SSSR count). The molecule has 11 nitrogen and oxygen atoms in total. The number of primary amides is 1. The van der Waals surface area contributed by atoms with Crippen molar-refractivity contribution in [2.75, 3.05) is 11.9 Å². The third-order valence-corrected chi connectivity index (χ3v) is 5.15. The predicted molar refractivity (Wildman–Crippen MR) is 100 cm³/mol. The molecule has 0 saturated carbocycles. The van der Waals surface area contributed by atoms with Crippen molar-refractivity contribution in [3.05, 3.63) is 38.0 Å². The molecule has 0 aliphatic heterocycles. The Kier molecular flexibility index (Phi) is 6.46. The van der Waals surface area contributed by atoms with Crippen LogP contribution in [0, 0.1) is 24.0 Å². The second kappa shape index (κ2) is 8.61. The monoisotopic (exact) mass is 409 g/mol. The highest BCUT2D eigenvalue weighted by atomic mass is 32.1. The lowest BCUT2D eigenvalue weighted by molar-refractivity contribution is -0.385. The molecule has 0 aromatic carbocycles. The van der Waals surface area contributed by atoms with Crippen molar-refractivity contribution in [2.45, 2.75) is 33.7 Å². The summed E-state index contributed by atoms with van der Waals surface area (Å²) in [5, 5.41) is 17.5. The van der Waals surface area contributed by atoms with Crippen molar-refractivity contribution in [1.82, 2.24) is 9.78 Å². The number of carbonyl (C=O) groups is 3. The SMILES string of the molecule is CCOC(=O)c1c(NC(=O)CCn2ncc([N+](=O)[O-])c2C)sc(C(N)=O)c1C. The zero-order valence-electron chi connectivity index (χ0n) is 15.5. The van der Waals surface area contributed by atoms with Crippen LogP contribution >= 0.6 is 11.3 Å². The summed E-state index contributed by atoms with van der Waals surface area (Å²) in [6, 6.07) is 0. The van der Waals surface area contributed by atoms with Gasteiger partial charge in [-0.25, -0.2) is 4.79 Å². The van der Waals surface area contributed by atoms with E-state index in [1.54, 1.807) is 13.8 Å². The van der Waals surface area contributed by atoms with Gasteiger partial charge in [0, 0.05) is 6.42 Å². The average molecular weight is 409 g/mol. The predicted octanol–water partition coefficient (Wildman–Crippen LogP) is 1.77. The first-order chi connectivity index (χ1) is 13.2. The number of amides is 2. The molecule has 0 aliphatic carbocycles. The van der Waals surface area contributed by atoms with Crippen LogP contribution in [0.5, 0.6) is 0 Å². The minimum atomic E-state index is -0.715. The summed E-state index contributed by atoms with van der Waals surface area (Å²) in [6.45, 7) is 4.95. The van der Waals surface area contributed by atoms with Gasteiger partial charge in [0.25, 0.3) is 5.91 Å². The maximum Gasteiger partial charge on any atom is 0.341 e. The van der Waals surface area contributed by atoms with E-state index in [1.165, 1.54) is 11.6 Å². The van der Waals surface area contributed by atoms with Gasteiger partial charge in [-0.2, -0.15) is 5.10 Å². The molecule has 150 valence electrons. The van der Waals surface area contributed by atoms with Crippen molar-refractivity contribution in [3.63, 3.8) is 0 Å². The number of hydrogen-bond donors (Lipinski definition) is 2. The van der Waals surface area contributed by atoms with E-state index in [2.05, 4.69) is 10.4 Å². The normalized spacial score (nSPS) is 10.5. The number of aromatic nitrogens is 2. The number of nitro groups is 1. The van der Waals surface area contributed by atoms with Crippen LogP contribution in [-0.4, -0.2) is 39.1 Å². The zero-order chi connectivity index (χ0) is 21.0. The van der Waals surface area contributed by atoms with Gasteiger partial charge in [-0.15, -0.1) is 11.3 Å². The minimum Gasteiger partial charge on any atom is -0.462 e. The lowest BCUT2D eigenvalue weighted by Gasteiger charge is -2.08. The number of aryl methyl sites for hydroxylation is 1. The number of nitrogens with one attached hydrogen (secondary N) is 1. The Morgan fingerprint density at radius 1 is 1.39 bits per heavy atom. The van der Waals surface area contributed by atoms with Crippen molar-refractivity contribution >= 4 is 39.8 Å². The molecule has 2 amide bonds. The molecule has 0 spiro atoms. The Bertz CT molecular complexity index is 948. The Morgan fingerprint density at radius 2 is 2.07 bits per heavy atom. The number of esters is 1.